The van der Waals surface area contributed by atoms with Crippen LogP contribution in [0.1, 0.15) is 9.68 Å². The third-order valence-electron chi connectivity index (χ3n) is 1.96. The molecule has 1 aromatic heterocycles. The molecule has 0 aliphatic heterocycles. The maximum atomic E-state index is 7.32. The van der Waals surface area contributed by atoms with Gasteiger partial charge in [0.15, 0.2) is 0 Å². The lowest BCUT2D eigenvalue weighted by molar-refractivity contribution is 0.797. The van der Waals surface area contributed by atoms with Crippen LogP contribution in [-0.2, 0) is 6.98 Å². The lowest BCUT2D eigenvalue weighted by Crippen LogP contribution is -1.88. The minimum absolute atomic E-state index is 0.635. The monoisotopic (exact) mass is 227 g/mol. The third kappa shape index (κ3) is 0.966. The molecule has 0 aliphatic rings. The van der Waals surface area contributed by atoms with Crippen LogP contribution in [-0.4, -0.2) is 9.78 Å². The number of aryl methyl sites for hydroxylation is 2. The lowest BCUT2D eigenvalue weighted by atomic mass is 10.1. The van der Waals surface area contributed by atoms with E-state index in [1.54, 1.807) is 12.3 Å². The highest BCUT2D eigenvalue weighted by atomic mass is 79.9. The molecular weight excluding hydrogens is 216 g/mol. The number of hydrogen-bond donors (Lipinski definition) is 0. The third-order valence-corrected chi connectivity index (χ3v) is 2.82. The summed E-state index contributed by atoms with van der Waals surface area (Å²) in [6.45, 7) is -0.292. The highest BCUT2D eigenvalue weighted by Crippen LogP contribution is 2.24. The number of halogens is 1. The Morgan fingerprint density at radius 1 is 1.58 bits per heavy atom. The van der Waals surface area contributed by atoms with Crippen LogP contribution in [0.5, 0.6) is 0 Å². The quantitative estimate of drug-likeness (QED) is 0.677. The fraction of sp³-hybridized carbons (Fsp3) is 0.222. The van der Waals surface area contributed by atoms with Crippen molar-refractivity contribution in [2.24, 2.45) is 6.98 Å². The van der Waals surface area contributed by atoms with Crippen LogP contribution in [0.2, 0.25) is 0 Å². The molecule has 0 bridgehead atoms. The number of benzene rings is 1. The molecule has 1 aromatic carbocycles. The first-order chi connectivity index (χ1) is 6.91. The Hall–Kier alpha value is -0.830. The summed E-state index contributed by atoms with van der Waals surface area (Å²) in [7, 11) is 0. The molecule has 2 rings (SSSR count). The maximum Gasteiger partial charge on any atom is 0.0682 e. The van der Waals surface area contributed by atoms with Gasteiger partial charge in [-0.05, 0) is 24.6 Å². The van der Waals surface area contributed by atoms with Crippen molar-refractivity contribution in [3.8, 4) is 0 Å². The largest absolute Gasteiger partial charge is 0.268 e. The normalized spacial score (nSPS) is 15.7. The SMILES string of the molecule is [2H]C([2H])([2H])n1ncc2c(C)c(Br)ccc21. The predicted octanol–water partition coefficient (Wildman–Crippen LogP) is 2.64. The van der Waals surface area contributed by atoms with Crippen molar-refractivity contribution >= 4 is 26.8 Å². The minimum Gasteiger partial charge on any atom is -0.268 e. The van der Waals surface area contributed by atoms with E-state index >= 15 is 0 Å². The smallest absolute Gasteiger partial charge is 0.0682 e. The first kappa shape index (κ1) is 5.02. The van der Waals surface area contributed by atoms with Crippen molar-refractivity contribution in [1.29, 1.82) is 0 Å². The van der Waals surface area contributed by atoms with Crippen LogP contribution in [0, 0.1) is 6.92 Å². The molecular formula is C9H9BrN2. The zero-order valence-electron chi connectivity index (χ0n) is 9.50. The molecule has 3 heteroatoms. The van der Waals surface area contributed by atoms with E-state index in [-0.39, 0.29) is 0 Å². The van der Waals surface area contributed by atoms with Crippen molar-refractivity contribution in [3.05, 3.63) is 28.4 Å². The molecule has 0 amide bonds. The summed E-state index contributed by atoms with van der Waals surface area (Å²) in [5.74, 6) is 0. The van der Waals surface area contributed by atoms with Crippen LogP contribution in [0.3, 0.4) is 0 Å². The molecule has 0 unspecified atom stereocenters. The second kappa shape index (κ2) is 2.59. The van der Waals surface area contributed by atoms with E-state index in [1.165, 1.54) is 0 Å². The Kier molecular flexibility index (Phi) is 1.08. The second-order valence-corrected chi connectivity index (χ2v) is 3.52. The van der Waals surface area contributed by atoms with Gasteiger partial charge >= 0.3 is 0 Å². The van der Waals surface area contributed by atoms with Crippen LogP contribution < -0.4 is 0 Å². The molecule has 0 saturated heterocycles. The lowest BCUT2D eigenvalue weighted by Gasteiger charge is -1.99. The summed E-state index contributed by atoms with van der Waals surface area (Å²) >= 11 is 3.40. The van der Waals surface area contributed by atoms with E-state index in [0.29, 0.717) is 5.52 Å². The molecule has 0 radical (unpaired) electrons. The standard InChI is InChI=1S/C9H9BrN2/c1-6-7-5-11-12(2)9(7)4-3-8(6)10/h3-5H,1-2H3/i2D3. The van der Waals surface area contributed by atoms with E-state index < -0.39 is 6.98 Å². The number of fused-ring (bicyclic) bond motifs is 1. The average molecular weight is 228 g/mol. The summed E-state index contributed by atoms with van der Waals surface area (Å²) in [5, 5.41) is 4.76. The van der Waals surface area contributed by atoms with E-state index in [0.717, 1.165) is 20.1 Å². The molecule has 0 aliphatic carbocycles. The van der Waals surface area contributed by atoms with Gasteiger partial charge < -0.3 is 0 Å². The summed E-state index contributed by atoms with van der Waals surface area (Å²) in [4.78, 5) is 0. The fourth-order valence-electron chi connectivity index (χ4n) is 1.21. The second-order valence-electron chi connectivity index (χ2n) is 2.66. The molecule has 62 valence electrons. The van der Waals surface area contributed by atoms with E-state index in [9.17, 15) is 0 Å². The molecule has 0 spiro atoms. The Labute approximate surface area is 83.5 Å². The molecule has 2 nitrogen and oxygen atoms in total. The van der Waals surface area contributed by atoms with Crippen LogP contribution in [0.4, 0.5) is 0 Å². The van der Waals surface area contributed by atoms with Gasteiger partial charge in [-0.2, -0.15) is 5.10 Å². The first-order valence-electron chi connectivity index (χ1n) is 5.04. The molecule has 12 heavy (non-hydrogen) atoms. The maximum absolute atomic E-state index is 7.32. The summed E-state index contributed by atoms with van der Waals surface area (Å²) in [6.07, 6.45) is 1.59. The molecule has 2 aromatic rings. The Morgan fingerprint density at radius 3 is 3.17 bits per heavy atom. The van der Waals surface area contributed by atoms with Crippen molar-refractivity contribution in [2.75, 3.05) is 0 Å². The zero-order valence-corrected chi connectivity index (χ0v) is 8.09. The highest BCUT2D eigenvalue weighted by molar-refractivity contribution is 9.10. The number of aromatic nitrogens is 2. The first-order valence-corrected chi connectivity index (χ1v) is 4.34. The number of hydrogen-bond acceptors (Lipinski definition) is 1. The van der Waals surface area contributed by atoms with Crippen LogP contribution in [0.25, 0.3) is 10.9 Å². The van der Waals surface area contributed by atoms with Gasteiger partial charge in [0.2, 0.25) is 0 Å². The molecule has 0 saturated carbocycles. The van der Waals surface area contributed by atoms with E-state index in [4.69, 9.17) is 4.11 Å². The van der Waals surface area contributed by atoms with E-state index in [2.05, 4.69) is 21.0 Å². The molecule has 0 fully saturated rings. The Balaban J connectivity index is 2.78. The highest BCUT2D eigenvalue weighted by Gasteiger charge is 2.03. The molecule has 0 atom stereocenters. The van der Waals surface area contributed by atoms with Gasteiger partial charge in [-0.3, -0.25) is 4.68 Å². The van der Waals surface area contributed by atoms with Crippen molar-refractivity contribution < 1.29 is 4.11 Å². The van der Waals surface area contributed by atoms with Crippen molar-refractivity contribution in [3.63, 3.8) is 0 Å². The van der Waals surface area contributed by atoms with Gasteiger partial charge in [0.25, 0.3) is 0 Å². The average Bonchev–Trinajstić information content (AvgIpc) is 2.54. The summed E-state index contributed by atoms with van der Waals surface area (Å²) in [6, 6.07) is 3.59. The zero-order chi connectivity index (χ0) is 11.2. The Bertz CT molecular complexity index is 516. The fourth-order valence-corrected chi connectivity index (χ4v) is 1.56. The number of nitrogens with zero attached hydrogens (tertiary/aromatic N) is 2. The molecule has 1 heterocycles. The summed E-state index contributed by atoms with van der Waals surface area (Å²) < 4.78 is 24.0. The van der Waals surface area contributed by atoms with Gasteiger partial charge in [-0.1, -0.05) is 15.9 Å². The topological polar surface area (TPSA) is 17.8 Å². The van der Waals surface area contributed by atoms with Gasteiger partial charge in [0, 0.05) is 20.9 Å². The molecule has 0 N–H and O–H groups in total. The van der Waals surface area contributed by atoms with Gasteiger partial charge in [-0.15, -0.1) is 0 Å². The van der Waals surface area contributed by atoms with Crippen LogP contribution in [0.15, 0.2) is 22.8 Å². The summed E-state index contributed by atoms with van der Waals surface area (Å²) in [5.41, 5.74) is 1.64. The van der Waals surface area contributed by atoms with E-state index in [1.807, 2.05) is 13.0 Å². The van der Waals surface area contributed by atoms with Gasteiger partial charge in [0.1, 0.15) is 0 Å². The Morgan fingerprint density at radius 2 is 2.42 bits per heavy atom. The predicted molar refractivity (Wildman–Crippen MR) is 53.2 cm³/mol. The van der Waals surface area contributed by atoms with Gasteiger partial charge in [-0.25, -0.2) is 0 Å². The van der Waals surface area contributed by atoms with Gasteiger partial charge in [0.05, 0.1) is 11.7 Å². The van der Waals surface area contributed by atoms with Crippen LogP contribution >= 0.6 is 15.9 Å². The van der Waals surface area contributed by atoms with Crippen molar-refractivity contribution in [2.45, 2.75) is 6.92 Å². The number of rotatable bonds is 0. The van der Waals surface area contributed by atoms with Crippen molar-refractivity contribution in [1.82, 2.24) is 9.78 Å². The minimum atomic E-state index is -2.22.